The van der Waals surface area contributed by atoms with E-state index in [4.69, 9.17) is 22.1 Å². The van der Waals surface area contributed by atoms with E-state index in [1.54, 1.807) is 41.1 Å². The molecule has 8 heteroatoms. The number of Topliss-reactive ketones (excluding diaryl/α,β-unsaturated/α-hetero) is 1. The van der Waals surface area contributed by atoms with E-state index in [9.17, 15) is 19.8 Å². The van der Waals surface area contributed by atoms with E-state index in [1.165, 1.54) is 5.56 Å². The Morgan fingerprint density at radius 2 is 1.89 bits per heavy atom. The lowest BCUT2D eigenvalue weighted by atomic mass is 10.0. The van der Waals surface area contributed by atoms with E-state index in [0.29, 0.717) is 16.5 Å². The lowest BCUT2D eigenvalue weighted by Crippen LogP contribution is -2.19. The van der Waals surface area contributed by atoms with Gasteiger partial charge in [0.25, 0.3) is 5.91 Å². The van der Waals surface area contributed by atoms with Crippen molar-refractivity contribution in [2.24, 2.45) is 5.73 Å². The highest BCUT2D eigenvalue weighted by Gasteiger charge is 2.25. The van der Waals surface area contributed by atoms with Crippen molar-refractivity contribution in [2.45, 2.75) is 31.4 Å². The third kappa shape index (κ3) is 4.75. The number of aromatic nitrogens is 1. The predicted molar refractivity (Wildman–Crippen MR) is 134 cm³/mol. The fourth-order valence-corrected chi connectivity index (χ4v) is 4.60. The van der Waals surface area contributed by atoms with Crippen LogP contribution >= 0.6 is 11.6 Å². The number of nitrogens with two attached hydrogens (primary N) is 1. The summed E-state index contributed by atoms with van der Waals surface area (Å²) in [6, 6.07) is 14.5. The molecular formula is C27H25ClN2O5. The van der Waals surface area contributed by atoms with E-state index >= 15 is 0 Å². The Balaban J connectivity index is 1.46. The van der Waals surface area contributed by atoms with Crippen molar-refractivity contribution < 1.29 is 24.5 Å². The van der Waals surface area contributed by atoms with Crippen LogP contribution in [0.4, 0.5) is 0 Å². The van der Waals surface area contributed by atoms with Crippen LogP contribution in [0.5, 0.6) is 5.75 Å². The molecule has 0 radical (unpaired) electrons. The summed E-state index contributed by atoms with van der Waals surface area (Å²) >= 11 is 6.06. The van der Waals surface area contributed by atoms with Crippen molar-refractivity contribution in [2.75, 3.05) is 13.2 Å². The highest BCUT2D eigenvalue weighted by atomic mass is 35.5. The Kier molecular flexibility index (Phi) is 6.23. The minimum absolute atomic E-state index is 0.161. The second-order valence-electron chi connectivity index (χ2n) is 9.00. The Hall–Kier alpha value is -3.39. The second kappa shape index (κ2) is 9.34. The number of hydrogen-bond donors (Lipinski definition) is 3. The molecule has 35 heavy (non-hydrogen) atoms. The summed E-state index contributed by atoms with van der Waals surface area (Å²) in [6.45, 7) is -0.517. The molecule has 1 aliphatic rings. The van der Waals surface area contributed by atoms with Gasteiger partial charge in [0.05, 0.1) is 24.8 Å². The van der Waals surface area contributed by atoms with Crippen LogP contribution in [0.1, 0.15) is 45.0 Å². The van der Waals surface area contributed by atoms with Crippen LogP contribution in [0.25, 0.3) is 21.7 Å². The summed E-state index contributed by atoms with van der Waals surface area (Å²) < 4.78 is 7.60. The zero-order chi connectivity index (χ0) is 24.7. The molecule has 0 unspecified atom stereocenters. The van der Waals surface area contributed by atoms with Gasteiger partial charge in [0.2, 0.25) is 5.78 Å². The third-order valence-electron chi connectivity index (χ3n) is 6.40. The molecule has 1 fully saturated rings. The molecule has 1 amide bonds. The van der Waals surface area contributed by atoms with Gasteiger partial charge in [-0.25, -0.2) is 0 Å². The maximum absolute atomic E-state index is 13.2. The smallest absolute Gasteiger partial charge is 0.252 e. The second-order valence-corrected chi connectivity index (χ2v) is 9.43. The third-order valence-corrected chi connectivity index (χ3v) is 6.63. The zero-order valence-corrected chi connectivity index (χ0v) is 19.7. The lowest BCUT2D eigenvalue weighted by Gasteiger charge is -2.11. The molecule has 4 N–H and O–H groups in total. The Morgan fingerprint density at radius 3 is 2.60 bits per heavy atom. The molecule has 3 aromatic carbocycles. The molecule has 1 aliphatic carbocycles. The Bertz CT molecular complexity index is 1460. The van der Waals surface area contributed by atoms with Gasteiger partial charge in [-0.1, -0.05) is 29.8 Å². The van der Waals surface area contributed by atoms with Crippen LogP contribution in [-0.2, 0) is 6.54 Å². The first kappa shape index (κ1) is 23.4. The number of nitrogens with zero attached hydrogens (tertiary/aromatic N) is 1. The molecule has 0 spiro atoms. The summed E-state index contributed by atoms with van der Waals surface area (Å²) in [5, 5.41) is 22.1. The number of amides is 1. The minimum atomic E-state index is -0.946. The first-order chi connectivity index (χ1) is 16.8. The lowest BCUT2D eigenvalue weighted by molar-refractivity contribution is 0.0820. The maximum atomic E-state index is 13.2. The average Bonchev–Trinajstić information content (AvgIpc) is 3.64. The number of benzene rings is 3. The van der Waals surface area contributed by atoms with Crippen molar-refractivity contribution in [3.63, 3.8) is 0 Å². The van der Waals surface area contributed by atoms with Gasteiger partial charge >= 0.3 is 0 Å². The van der Waals surface area contributed by atoms with Crippen molar-refractivity contribution >= 4 is 45.0 Å². The van der Waals surface area contributed by atoms with Gasteiger partial charge in [-0.15, -0.1) is 0 Å². The summed E-state index contributed by atoms with van der Waals surface area (Å²) in [5.74, 6) is -0.200. The van der Waals surface area contributed by atoms with Crippen molar-refractivity contribution in [3.05, 3.63) is 76.4 Å². The molecule has 5 rings (SSSR count). The molecule has 1 atom stereocenters. The van der Waals surface area contributed by atoms with Crippen molar-refractivity contribution in [1.82, 2.24) is 4.57 Å². The number of carbonyl (C=O) groups is 2. The van der Waals surface area contributed by atoms with E-state index < -0.39 is 12.0 Å². The normalized spacial score (nSPS) is 14.4. The molecule has 4 aromatic rings. The Labute approximate surface area is 206 Å². The van der Waals surface area contributed by atoms with Crippen LogP contribution in [0.2, 0.25) is 5.02 Å². The summed E-state index contributed by atoms with van der Waals surface area (Å²) in [6.07, 6.45) is 3.03. The maximum Gasteiger partial charge on any atom is 0.252 e. The quantitative estimate of drug-likeness (QED) is 0.305. The summed E-state index contributed by atoms with van der Waals surface area (Å²) in [4.78, 5) is 25.3. The van der Waals surface area contributed by atoms with Crippen LogP contribution in [-0.4, -0.2) is 45.8 Å². The standard InChI is InChI=1S/C27H25ClN2O5/c28-19-5-3-17-10-26(22(27(29)34)8-18(17)7-19)35-14-25(33)23-12-30(11-20(32)13-31)24-9-16(15-1-2-15)4-6-21(23)24/h3-10,12,15,20,31-32H,1-2,11,13-14H2,(H2,29,34)/t20-/m0/s1. The van der Waals surface area contributed by atoms with E-state index in [1.807, 2.05) is 18.2 Å². The number of aliphatic hydroxyl groups is 2. The molecule has 0 saturated heterocycles. The van der Waals surface area contributed by atoms with Crippen LogP contribution in [0.3, 0.4) is 0 Å². The number of primary amides is 1. The van der Waals surface area contributed by atoms with Gasteiger partial charge in [-0.05, 0) is 65.4 Å². The number of aliphatic hydroxyl groups excluding tert-OH is 2. The molecule has 0 bridgehead atoms. The molecular weight excluding hydrogens is 468 g/mol. The fraction of sp³-hybridized carbons (Fsp3) is 0.259. The number of fused-ring (bicyclic) bond motifs is 2. The monoisotopic (exact) mass is 492 g/mol. The molecule has 1 heterocycles. The topological polar surface area (TPSA) is 115 Å². The van der Waals surface area contributed by atoms with Crippen LogP contribution in [0, 0.1) is 0 Å². The molecule has 180 valence electrons. The van der Waals surface area contributed by atoms with Crippen LogP contribution < -0.4 is 10.5 Å². The van der Waals surface area contributed by atoms with Gasteiger partial charge in [0.1, 0.15) is 5.75 Å². The average molecular weight is 493 g/mol. The highest BCUT2D eigenvalue weighted by molar-refractivity contribution is 6.31. The predicted octanol–water partition coefficient (Wildman–Crippen LogP) is 4.04. The number of hydrogen-bond acceptors (Lipinski definition) is 5. The van der Waals surface area contributed by atoms with Gasteiger partial charge in [0.15, 0.2) is 6.61 Å². The number of ketones is 1. The number of ether oxygens (including phenoxy) is 1. The Morgan fingerprint density at radius 1 is 1.09 bits per heavy atom. The zero-order valence-electron chi connectivity index (χ0n) is 18.9. The van der Waals surface area contributed by atoms with Crippen LogP contribution in [0.15, 0.2) is 54.7 Å². The van der Waals surface area contributed by atoms with Gasteiger partial charge in [0, 0.05) is 27.7 Å². The minimum Gasteiger partial charge on any atom is -0.485 e. The van der Waals surface area contributed by atoms with Crippen molar-refractivity contribution in [1.29, 1.82) is 0 Å². The number of rotatable bonds is 9. The van der Waals surface area contributed by atoms with Gasteiger partial charge in [-0.3, -0.25) is 9.59 Å². The highest BCUT2D eigenvalue weighted by Crippen LogP contribution is 2.41. The van der Waals surface area contributed by atoms with E-state index in [2.05, 4.69) is 0 Å². The SMILES string of the molecule is NC(=O)c1cc2cc(Cl)ccc2cc1OCC(=O)c1cn(C[C@H](O)CO)c2cc(C3CC3)ccc12. The molecule has 0 aliphatic heterocycles. The van der Waals surface area contributed by atoms with Gasteiger partial charge in [-0.2, -0.15) is 0 Å². The molecule has 1 aromatic heterocycles. The van der Waals surface area contributed by atoms with Gasteiger partial charge < -0.3 is 25.3 Å². The fourth-order valence-electron chi connectivity index (χ4n) is 4.42. The molecule has 1 saturated carbocycles. The first-order valence-electron chi connectivity index (χ1n) is 11.4. The van der Waals surface area contributed by atoms with Crippen molar-refractivity contribution in [3.8, 4) is 5.75 Å². The van der Waals surface area contributed by atoms with E-state index in [0.717, 1.165) is 34.5 Å². The molecule has 7 nitrogen and oxygen atoms in total. The first-order valence-corrected chi connectivity index (χ1v) is 11.8. The summed E-state index contributed by atoms with van der Waals surface area (Å²) in [5.41, 5.74) is 8.19. The largest absolute Gasteiger partial charge is 0.485 e. The van der Waals surface area contributed by atoms with E-state index in [-0.39, 0.29) is 36.9 Å². The summed E-state index contributed by atoms with van der Waals surface area (Å²) in [7, 11) is 0. The number of carbonyl (C=O) groups excluding carboxylic acids is 2. The number of halogens is 1.